The number of nitrogens with one attached hydrogen (secondary N) is 4. The van der Waals surface area contributed by atoms with Crippen LogP contribution in [-0.4, -0.2) is 79.2 Å². The molecule has 2 fully saturated rings. The number of aromatic nitrogens is 4. The van der Waals surface area contributed by atoms with Crippen LogP contribution in [0.15, 0.2) is 9.26 Å². The van der Waals surface area contributed by atoms with Gasteiger partial charge in [0, 0.05) is 12.1 Å². The van der Waals surface area contributed by atoms with Gasteiger partial charge in [-0.25, -0.2) is 23.6 Å². The van der Waals surface area contributed by atoms with E-state index in [-0.39, 0.29) is 42.6 Å². The molecule has 0 radical (unpaired) electrons. The van der Waals surface area contributed by atoms with Gasteiger partial charge < -0.3 is 26.4 Å². The fraction of sp³-hybridized carbons (Fsp3) is 0.526. The SMILES string of the molecule is Cc1nonc1[C@@]1(CN(C(=O)O)C(C)(C)C)NC(=O)NC1=O.Cc1nonc1[C@@]1(CN)NC(=O)NC1=O.Cl. The van der Waals surface area contributed by atoms with Crippen molar-refractivity contribution in [3.05, 3.63) is 22.8 Å². The zero-order chi connectivity index (χ0) is 27.8. The maximum atomic E-state index is 12.3. The number of halogens is 1. The highest BCUT2D eigenvalue weighted by Gasteiger charge is 2.54. The second-order valence-electron chi connectivity index (χ2n) is 9.27. The fourth-order valence-electron chi connectivity index (χ4n) is 3.81. The summed E-state index contributed by atoms with van der Waals surface area (Å²) in [5.41, 5.74) is 2.68. The lowest BCUT2D eigenvalue weighted by Crippen LogP contribution is -2.58. The van der Waals surface area contributed by atoms with Crippen molar-refractivity contribution in [2.45, 2.75) is 51.2 Å². The summed E-state index contributed by atoms with van der Waals surface area (Å²) in [5, 5.41) is 32.9. The number of carbonyl (C=O) groups is 5. The Balaban J connectivity index is 0.000000277. The van der Waals surface area contributed by atoms with Gasteiger partial charge in [0.25, 0.3) is 11.8 Å². The van der Waals surface area contributed by atoms with E-state index in [0.29, 0.717) is 5.69 Å². The smallest absolute Gasteiger partial charge is 0.407 e. The van der Waals surface area contributed by atoms with E-state index in [1.165, 1.54) is 0 Å². The molecule has 0 bridgehead atoms. The van der Waals surface area contributed by atoms with Crippen LogP contribution in [0.1, 0.15) is 43.5 Å². The molecular formula is C19H27ClN10O8. The van der Waals surface area contributed by atoms with Crippen molar-refractivity contribution in [1.29, 1.82) is 0 Å². The van der Waals surface area contributed by atoms with Crippen molar-refractivity contribution in [2.24, 2.45) is 5.73 Å². The van der Waals surface area contributed by atoms with E-state index < -0.39 is 46.6 Å². The molecule has 0 spiro atoms. The number of rotatable bonds is 5. The number of aryl methyl sites for hydroxylation is 2. The summed E-state index contributed by atoms with van der Waals surface area (Å²) in [5.74, 6) is -1.25. The first-order chi connectivity index (χ1) is 17.2. The Bertz CT molecular complexity index is 1260. The lowest BCUT2D eigenvalue weighted by Gasteiger charge is -2.38. The standard InChI is InChI=1S/C12H17N5O5.C7H9N5O3.ClH/c1-6-7(16-22-15-6)12(8(18)13-9(19)14-12)5-17(10(20)21)11(2,3)4;1-3-4(12-15-11-3)7(2-8)5(13)9-6(14)10-7;/h5H2,1-4H3,(H,20,21)(H2,13,14,18,19);2,8H2,1H3,(H2,9,10,13,14);1H/t12-;7-;/m11./s1. The van der Waals surface area contributed by atoms with Crippen molar-refractivity contribution in [3.63, 3.8) is 0 Å². The van der Waals surface area contributed by atoms with Crippen molar-refractivity contribution in [3.8, 4) is 0 Å². The second kappa shape index (κ2) is 10.6. The molecule has 18 nitrogen and oxygen atoms in total. The van der Waals surface area contributed by atoms with E-state index in [0.717, 1.165) is 4.90 Å². The minimum Gasteiger partial charge on any atom is -0.465 e. The first kappa shape index (κ1) is 29.9. The molecule has 0 aliphatic carbocycles. The van der Waals surface area contributed by atoms with Gasteiger partial charge in [0.1, 0.15) is 22.8 Å². The topological polar surface area (TPSA) is 261 Å². The molecule has 208 valence electrons. The van der Waals surface area contributed by atoms with Crippen LogP contribution in [-0.2, 0) is 20.7 Å². The quantitative estimate of drug-likeness (QED) is 0.240. The molecule has 0 aromatic carbocycles. The van der Waals surface area contributed by atoms with Crippen LogP contribution in [0.3, 0.4) is 0 Å². The minimum absolute atomic E-state index is 0. The highest BCUT2D eigenvalue weighted by atomic mass is 35.5. The number of imide groups is 2. The molecule has 7 N–H and O–H groups in total. The van der Waals surface area contributed by atoms with Crippen LogP contribution < -0.4 is 27.0 Å². The number of urea groups is 2. The van der Waals surface area contributed by atoms with Crippen LogP contribution in [0.2, 0.25) is 0 Å². The van der Waals surface area contributed by atoms with E-state index in [1.807, 2.05) is 0 Å². The highest BCUT2D eigenvalue weighted by molar-refractivity contribution is 6.08. The van der Waals surface area contributed by atoms with Crippen LogP contribution in [0.25, 0.3) is 0 Å². The summed E-state index contributed by atoms with van der Waals surface area (Å²) in [6, 6.07) is -1.33. The Morgan fingerprint density at radius 3 is 1.61 bits per heavy atom. The Kier molecular flexibility index (Phi) is 8.33. The van der Waals surface area contributed by atoms with E-state index in [1.54, 1.807) is 34.6 Å². The largest absolute Gasteiger partial charge is 0.465 e. The summed E-state index contributed by atoms with van der Waals surface area (Å²) in [6.45, 7) is 7.76. The van der Waals surface area contributed by atoms with Crippen LogP contribution >= 0.6 is 12.4 Å². The summed E-state index contributed by atoms with van der Waals surface area (Å²) < 4.78 is 9.08. The van der Waals surface area contributed by atoms with Crippen molar-refractivity contribution < 1.29 is 38.3 Å². The predicted octanol–water partition coefficient (Wildman–Crippen LogP) is -1.02. The van der Waals surface area contributed by atoms with Crippen molar-refractivity contribution in [1.82, 2.24) is 46.8 Å². The third kappa shape index (κ3) is 5.21. The van der Waals surface area contributed by atoms with Crippen LogP contribution in [0, 0.1) is 13.8 Å². The molecule has 38 heavy (non-hydrogen) atoms. The molecule has 2 aromatic rings. The number of hydrogen-bond acceptors (Lipinski definition) is 12. The molecule has 7 amide bonds. The number of nitrogens with zero attached hydrogens (tertiary/aromatic N) is 5. The van der Waals surface area contributed by atoms with Gasteiger partial charge in [-0.15, -0.1) is 12.4 Å². The van der Waals surface area contributed by atoms with Crippen molar-refractivity contribution >= 4 is 42.4 Å². The van der Waals surface area contributed by atoms with E-state index in [2.05, 4.69) is 51.2 Å². The summed E-state index contributed by atoms with van der Waals surface area (Å²) in [7, 11) is 0. The predicted molar refractivity (Wildman–Crippen MR) is 126 cm³/mol. The average molecular weight is 559 g/mol. The lowest BCUT2D eigenvalue weighted by molar-refractivity contribution is -0.125. The molecule has 2 atom stereocenters. The van der Waals surface area contributed by atoms with Gasteiger partial charge in [0.15, 0.2) is 11.1 Å². The summed E-state index contributed by atoms with van der Waals surface area (Å²) in [4.78, 5) is 59.2. The molecule has 2 saturated heterocycles. The molecule has 2 aliphatic rings. The number of hydrogen-bond donors (Lipinski definition) is 6. The maximum absolute atomic E-state index is 12.3. The van der Waals surface area contributed by atoms with E-state index in [4.69, 9.17) is 5.73 Å². The second-order valence-corrected chi connectivity index (χ2v) is 9.27. The number of carboxylic acid groups (broad SMARTS) is 1. The molecule has 4 rings (SSSR count). The van der Waals surface area contributed by atoms with Gasteiger partial charge in [-0.2, -0.15) is 0 Å². The number of amides is 7. The van der Waals surface area contributed by atoms with E-state index >= 15 is 0 Å². The van der Waals surface area contributed by atoms with E-state index in [9.17, 15) is 29.1 Å². The maximum Gasteiger partial charge on any atom is 0.407 e. The Hall–Kier alpha value is -4.32. The third-order valence-corrected chi connectivity index (χ3v) is 5.74. The van der Waals surface area contributed by atoms with Gasteiger partial charge in [-0.3, -0.25) is 20.2 Å². The third-order valence-electron chi connectivity index (χ3n) is 5.74. The van der Waals surface area contributed by atoms with Crippen LogP contribution in [0.4, 0.5) is 14.4 Å². The van der Waals surface area contributed by atoms with Gasteiger partial charge >= 0.3 is 18.2 Å². The molecule has 19 heteroatoms. The van der Waals surface area contributed by atoms with Crippen molar-refractivity contribution in [2.75, 3.05) is 13.1 Å². The number of nitrogens with two attached hydrogens (primary N) is 1. The molecule has 0 unspecified atom stereocenters. The van der Waals surface area contributed by atoms with Gasteiger partial charge in [-0.1, -0.05) is 20.6 Å². The van der Waals surface area contributed by atoms with Crippen LogP contribution in [0.5, 0.6) is 0 Å². The summed E-state index contributed by atoms with van der Waals surface area (Å²) >= 11 is 0. The minimum atomic E-state index is -1.67. The Morgan fingerprint density at radius 2 is 1.32 bits per heavy atom. The van der Waals surface area contributed by atoms with Gasteiger partial charge in [-0.05, 0) is 34.6 Å². The normalized spacial score (nSPS) is 22.4. The lowest BCUT2D eigenvalue weighted by atomic mass is 9.91. The first-order valence-corrected chi connectivity index (χ1v) is 10.7. The molecule has 2 aliphatic heterocycles. The number of carbonyl (C=O) groups excluding carboxylic acids is 4. The summed E-state index contributed by atoms with van der Waals surface area (Å²) in [6.07, 6.45) is -1.23. The Morgan fingerprint density at radius 1 is 0.895 bits per heavy atom. The molecule has 0 saturated carbocycles. The van der Waals surface area contributed by atoms with Gasteiger partial charge in [0.05, 0.1) is 6.54 Å². The first-order valence-electron chi connectivity index (χ1n) is 10.7. The monoisotopic (exact) mass is 558 g/mol. The highest BCUT2D eigenvalue weighted by Crippen LogP contribution is 2.29. The Labute approximate surface area is 220 Å². The molecule has 4 heterocycles. The zero-order valence-corrected chi connectivity index (χ0v) is 21.8. The molecular weight excluding hydrogens is 532 g/mol. The fourth-order valence-corrected chi connectivity index (χ4v) is 3.81. The molecule has 2 aromatic heterocycles. The average Bonchev–Trinajstić information content (AvgIpc) is 3.54. The van der Waals surface area contributed by atoms with Gasteiger partial charge in [0.2, 0.25) is 0 Å². The zero-order valence-electron chi connectivity index (χ0n) is 20.9.